The van der Waals surface area contributed by atoms with Crippen LogP contribution in [-0.2, 0) is 6.54 Å². The molecule has 1 aromatic heterocycles. The molecule has 9 heteroatoms. The third kappa shape index (κ3) is 3.94. The molecule has 0 spiro atoms. The predicted molar refractivity (Wildman–Crippen MR) is 83.5 cm³/mol. The largest absolute Gasteiger partial charge is 0.872 e. The van der Waals surface area contributed by atoms with Gasteiger partial charge < -0.3 is 20.3 Å². The minimum absolute atomic E-state index is 0.0461. The van der Waals surface area contributed by atoms with Crippen molar-refractivity contribution in [1.29, 1.82) is 0 Å². The van der Waals surface area contributed by atoms with E-state index in [-0.39, 0.29) is 30.2 Å². The number of aryl methyl sites for hydroxylation is 1. The number of rotatable bonds is 6. The van der Waals surface area contributed by atoms with Crippen LogP contribution in [0, 0.1) is 17.0 Å². The fraction of sp³-hybridized carbons (Fsp3) is 0.267. The number of aromatic nitrogens is 2. The summed E-state index contributed by atoms with van der Waals surface area (Å²) in [4.78, 5) is 26.2. The first-order valence-electron chi connectivity index (χ1n) is 7.00. The summed E-state index contributed by atoms with van der Waals surface area (Å²) in [6.45, 7) is 3.31. The molecule has 0 bridgehead atoms. The van der Waals surface area contributed by atoms with Crippen LogP contribution in [0.5, 0.6) is 11.5 Å². The summed E-state index contributed by atoms with van der Waals surface area (Å²) in [5, 5.41) is 35.3. The lowest BCUT2D eigenvalue weighted by atomic mass is 10.1. The van der Waals surface area contributed by atoms with E-state index in [4.69, 9.17) is 0 Å². The van der Waals surface area contributed by atoms with Crippen LogP contribution in [0.25, 0.3) is 0 Å². The highest BCUT2D eigenvalue weighted by Crippen LogP contribution is 2.20. The van der Waals surface area contributed by atoms with E-state index in [1.165, 1.54) is 22.9 Å². The Morgan fingerprint density at radius 3 is 2.71 bits per heavy atom. The van der Waals surface area contributed by atoms with Gasteiger partial charge in [-0.15, -0.1) is 0 Å². The van der Waals surface area contributed by atoms with Crippen LogP contribution in [0.2, 0.25) is 0 Å². The second-order valence-electron chi connectivity index (χ2n) is 5.21. The smallest absolute Gasteiger partial charge is 0.390 e. The Bertz CT molecular complexity index is 825. The first kappa shape index (κ1) is 17.1. The number of phenols is 1. The number of hydrogen-bond acceptors (Lipinski definition) is 7. The molecule has 2 aromatic rings. The van der Waals surface area contributed by atoms with Crippen LogP contribution >= 0.6 is 0 Å². The summed E-state index contributed by atoms with van der Waals surface area (Å²) in [6, 6.07) is 4.83. The molecule has 0 aliphatic heterocycles. The lowest BCUT2D eigenvalue weighted by Gasteiger charge is -2.11. The highest BCUT2D eigenvalue weighted by Gasteiger charge is 2.15. The fourth-order valence-corrected chi connectivity index (χ4v) is 2.04. The fourth-order valence-electron chi connectivity index (χ4n) is 2.04. The Hall–Kier alpha value is -3.23. The Labute approximate surface area is 137 Å². The summed E-state index contributed by atoms with van der Waals surface area (Å²) in [7, 11) is 0. The number of carbonyl (C=O) groups is 1. The second-order valence-corrected chi connectivity index (χ2v) is 5.21. The average Bonchev–Trinajstić information content (AvgIpc) is 2.86. The molecule has 1 aromatic carbocycles. The minimum Gasteiger partial charge on any atom is -0.872 e. The number of carbonyl (C=O) groups excluding carboxylic acids is 1. The normalized spacial score (nSPS) is 11.5. The molecule has 24 heavy (non-hydrogen) atoms. The van der Waals surface area contributed by atoms with Gasteiger partial charge in [-0.25, -0.2) is 0 Å². The summed E-state index contributed by atoms with van der Waals surface area (Å²) in [5.74, 6) is -1.49. The molecule has 0 aliphatic carbocycles. The van der Waals surface area contributed by atoms with Crippen molar-refractivity contribution >= 4 is 17.3 Å². The van der Waals surface area contributed by atoms with Crippen molar-refractivity contribution in [2.24, 2.45) is 4.99 Å². The standard InChI is InChI=1S/C15H16N4O5/c1-9(8-18-10(2)5-15(17-18)19(23)24)16-7-14(22)12-4-3-11(20)6-13(12)21/h3-6,20-21H,7-8H2,1-2H3/p-1. The van der Waals surface area contributed by atoms with E-state index < -0.39 is 16.5 Å². The number of phenolic OH excluding ortho intramolecular Hbond substituents is 1. The van der Waals surface area contributed by atoms with Gasteiger partial charge in [0, 0.05) is 11.3 Å². The maximum absolute atomic E-state index is 12.0. The van der Waals surface area contributed by atoms with E-state index in [0.717, 1.165) is 6.07 Å². The van der Waals surface area contributed by atoms with Crippen molar-refractivity contribution in [3.63, 3.8) is 0 Å². The molecule has 0 aliphatic rings. The van der Waals surface area contributed by atoms with Gasteiger partial charge in [-0.05, 0) is 37.0 Å². The third-order valence-electron chi connectivity index (χ3n) is 3.29. The molecule has 2 rings (SSSR count). The van der Waals surface area contributed by atoms with Crippen LogP contribution in [-0.4, -0.2) is 37.9 Å². The van der Waals surface area contributed by atoms with E-state index in [1.807, 2.05) is 0 Å². The van der Waals surface area contributed by atoms with Gasteiger partial charge in [0.25, 0.3) is 0 Å². The molecule has 0 amide bonds. The van der Waals surface area contributed by atoms with Crippen molar-refractivity contribution in [3.8, 4) is 11.5 Å². The van der Waals surface area contributed by atoms with Gasteiger partial charge >= 0.3 is 5.82 Å². The minimum atomic E-state index is -0.583. The number of aromatic hydroxyl groups is 1. The number of Topliss-reactive ketones (excluding diaryl/α,β-unsaturated/α-hetero) is 1. The van der Waals surface area contributed by atoms with Crippen LogP contribution in [0.4, 0.5) is 5.82 Å². The predicted octanol–water partition coefficient (Wildman–Crippen LogP) is 1.22. The van der Waals surface area contributed by atoms with E-state index in [0.29, 0.717) is 11.4 Å². The van der Waals surface area contributed by atoms with Crippen molar-refractivity contribution < 1.29 is 19.9 Å². The maximum Gasteiger partial charge on any atom is 0.390 e. The molecule has 0 unspecified atom stereocenters. The summed E-state index contributed by atoms with van der Waals surface area (Å²) in [6.07, 6.45) is 0. The first-order chi connectivity index (χ1) is 11.3. The lowest BCUT2D eigenvalue weighted by Crippen LogP contribution is -2.13. The zero-order valence-electron chi connectivity index (χ0n) is 13.1. The molecular formula is C15H15N4O5-. The molecule has 9 nitrogen and oxygen atoms in total. The highest BCUT2D eigenvalue weighted by molar-refractivity contribution is 6.01. The van der Waals surface area contributed by atoms with E-state index in [2.05, 4.69) is 10.1 Å². The van der Waals surface area contributed by atoms with Crippen molar-refractivity contribution in [2.75, 3.05) is 6.54 Å². The highest BCUT2D eigenvalue weighted by atomic mass is 16.6. The van der Waals surface area contributed by atoms with E-state index in [1.54, 1.807) is 13.8 Å². The lowest BCUT2D eigenvalue weighted by molar-refractivity contribution is -0.389. The summed E-state index contributed by atoms with van der Waals surface area (Å²) < 4.78 is 1.42. The average molecular weight is 331 g/mol. The molecule has 126 valence electrons. The zero-order valence-corrected chi connectivity index (χ0v) is 13.1. The van der Waals surface area contributed by atoms with Crippen molar-refractivity contribution in [3.05, 3.63) is 45.6 Å². The van der Waals surface area contributed by atoms with Crippen molar-refractivity contribution in [1.82, 2.24) is 9.78 Å². The van der Waals surface area contributed by atoms with E-state index >= 15 is 0 Å². The van der Waals surface area contributed by atoms with Gasteiger partial charge in [0.1, 0.15) is 18.8 Å². The number of aliphatic imine (C=N–C) groups is 1. The molecule has 0 saturated heterocycles. The van der Waals surface area contributed by atoms with Crippen LogP contribution < -0.4 is 5.11 Å². The van der Waals surface area contributed by atoms with Gasteiger partial charge in [0.05, 0.1) is 16.9 Å². The number of nitro groups is 1. The molecule has 0 radical (unpaired) electrons. The Balaban J connectivity index is 2.06. The van der Waals surface area contributed by atoms with Crippen molar-refractivity contribution in [2.45, 2.75) is 20.4 Å². The van der Waals surface area contributed by atoms with Gasteiger partial charge in [-0.3, -0.25) is 9.79 Å². The van der Waals surface area contributed by atoms with Crippen LogP contribution in [0.3, 0.4) is 0 Å². The number of nitrogens with zero attached hydrogens (tertiary/aromatic N) is 4. The van der Waals surface area contributed by atoms with Gasteiger partial charge in [-0.1, -0.05) is 5.75 Å². The SMILES string of the molecule is CC(Cn1nc([N+](=O)[O-])cc1C)=NCC(=O)c1ccc(O)cc1[O-]. The van der Waals surface area contributed by atoms with Gasteiger partial charge in [0.15, 0.2) is 5.78 Å². The molecular weight excluding hydrogens is 316 g/mol. The monoisotopic (exact) mass is 331 g/mol. The number of ketones is 1. The topological polar surface area (TPSA) is 134 Å². The van der Waals surface area contributed by atoms with Gasteiger partial charge in [-0.2, -0.15) is 4.68 Å². The van der Waals surface area contributed by atoms with Crippen LogP contribution in [0.1, 0.15) is 23.0 Å². The second kappa shape index (κ2) is 6.90. The molecule has 1 N–H and O–H groups in total. The Kier molecular flexibility index (Phi) is 4.93. The molecule has 1 heterocycles. The Morgan fingerprint density at radius 2 is 2.12 bits per heavy atom. The van der Waals surface area contributed by atoms with Gasteiger partial charge in [0.2, 0.25) is 0 Å². The maximum atomic E-state index is 12.0. The molecule has 0 fully saturated rings. The summed E-state index contributed by atoms with van der Waals surface area (Å²) >= 11 is 0. The first-order valence-corrected chi connectivity index (χ1v) is 7.00. The Morgan fingerprint density at radius 1 is 1.42 bits per heavy atom. The third-order valence-corrected chi connectivity index (χ3v) is 3.29. The van der Waals surface area contributed by atoms with E-state index in [9.17, 15) is 25.1 Å². The van der Waals surface area contributed by atoms with Crippen LogP contribution in [0.15, 0.2) is 29.3 Å². The number of hydrogen-bond donors (Lipinski definition) is 1. The molecule has 0 saturated carbocycles. The zero-order chi connectivity index (χ0) is 17.9. The molecule has 0 atom stereocenters. The quantitative estimate of drug-likeness (QED) is 0.366. The number of benzene rings is 1. The summed E-state index contributed by atoms with van der Waals surface area (Å²) in [5.41, 5.74) is 1.09.